The van der Waals surface area contributed by atoms with Crippen molar-refractivity contribution in [1.82, 2.24) is 19.1 Å². The van der Waals surface area contributed by atoms with E-state index in [-0.39, 0.29) is 0 Å². The smallest absolute Gasteiger partial charge is 0.185 e. The van der Waals surface area contributed by atoms with Crippen LogP contribution in [0.2, 0.25) is 5.02 Å². The molecule has 0 atom stereocenters. The van der Waals surface area contributed by atoms with Crippen molar-refractivity contribution in [3.8, 4) is 22.7 Å². The minimum absolute atomic E-state index is 0.524. The first-order valence-electron chi connectivity index (χ1n) is 9.79. The summed E-state index contributed by atoms with van der Waals surface area (Å²) in [5, 5.41) is 0.677. The number of hydrogen-bond acceptors (Lipinski definition) is 3. The lowest BCUT2D eigenvalue weighted by atomic mass is 10.1. The number of para-hydroxylation sites is 3. The monoisotopic (exact) mass is 446 g/mol. The summed E-state index contributed by atoms with van der Waals surface area (Å²) in [5.41, 5.74) is 4.76. The Morgan fingerprint density at radius 3 is 2.52 bits per heavy atom. The molecule has 154 valence electrons. The molecule has 5 aromatic rings. The van der Waals surface area contributed by atoms with Gasteiger partial charge in [-0.25, -0.2) is 4.98 Å². The van der Waals surface area contributed by atoms with Gasteiger partial charge in [0.25, 0.3) is 0 Å². The molecule has 2 aromatic heterocycles. The topological polar surface area (TPSA) is 47.8 Å². The zero-order chi connectivity index (χ0) is 21.4. The summed E-state index contributed by atoms with van der Waals surface area (Å²) >= 11 is 12.0. The van der Waals surface area contributed by atoms with Gasteiger partial charge in [0, 0.05) is 22.5 Å². The Morgan fingerprint density at radius 2 is 1.74 bits per heavy atom. The van der Waals surface area contributed by atoms with Gasteiger partial charge in [-0.2, -0.15) is 0 Å². The average Bonchev–Trinajstić information content (AvgIpc) is 3.35. The lowest BCUT2D eigenvalue weighted by Crippen LogP contribution is -2.03. The molecule has 2 heterocycles. The van der Waals surface area contributed by atoms with E-state index in [1.165, 1.54) is 0 Å². The molecule has 0 aliphatic heterocycles. The van der Waals surface area contributed by atoms with Crippen LogP contribution in [-0.2, 0) is 6.54 Å². The summed E-state index contributed by atoms with van der Waals surface area (Å²) in [6.45, 7) is 0.524. The van der Waals surface area contributed by atoms with Crippen LogP contribution in [0.1, 0.15) is 5.82 Å². The number of aromatic amines is 1. The fourth-order valence-corrected chi connectivity index (χ4v) is 4.18. The fourth-order valence-electron chi connectivity index (χ4n) is 3.73. The molecule has 7 heteroatoms. The summed E-state index contributed by atoms with van der Waals surface area (Å²) in [6.07, 6.45) is 2.04. The van der Waals surface area contributed by atoms with Crippen molar-refractivity contribution in [2.75, 3.05) is 7.11 Å². The van der Waals surface area contributed by atoms with Crippen molar-refractivity contribution in [2.45, 2.75) is 6.54 Å². The van der Waals surface area contributed by atoms with Gasteiger partial charge in [0.05, 0.1) is 30.4 Å². The molecule has 0 amide bonds. The van der Waals surface area contributed by atoms with Gasteiger partial charge < -0.3 is 14.3 Å². The second-order valence-corrected chi connectivity index (χ2v) is 7.94. The largest absolute Gasteiger partial charge is 0.496 e. The standard InChI is InChI=1S/C24H19ClN4OS/c1-30-22-9-5-2-6-18(22)21-14-28(15-23-26-19-7-3-4-8-20(19)27-23)24(31)29(21)17-12-10-16(25)11-13-17/h2-14H,15H2,1H3,(H,26,27). The number of nitrogens with one attached hydrogen (secondary N) is 1. The van der Waals surface area contributed by atoms with Crippen LogP contribution in [0.3, 0.4) is 0 Å². The molecule has 0 aliphatic carbocycles. The van der Waals surface area contributed by atoms with E-state index in [1.807, 2.05) is 88.1 Å². The van der Waals surface area contributed by atoms with Crippen molar-refractivity contribution < 1.29 is 4.74 Å². The number of benzene rings is 3. The van der Waals surface area contributed by atoms with Gasteiger partial charge in [0.1, 0.15) is 11.6 Å². The first-order valence-corrected chi connectivity index (χ1v) is 10.6. The first-order chi connectivity index (χ1) is 15.1. The van der Waals surface area contributed by atoms with Crippen LogP contribution in [0, 0.1) is 4.77 Å². The van der Waals surface area contributed by atoms with Gasteiger partial charge in [0.2, 0.25) is 0 Å². The van der Waals surface area contributed by atoms with E-state index in [0.29, 0.717) is 16.3 Å². The number of ether oxygens (including phenoxy) is 1. The average molecular weight is 447 g/mol. The molecule has 1 N–H and O–H groups in total. The Morgan fingerprint density at radius 1 is 1.00 bits per heavy atom. The molecular formula is C24H19ClN4OS. The minimum Gasteiger partial charge on any atom is -0.496 e. The molecule has 0 aliphatic rings. The lowest BCUT2D eigenvalue weighted by Gasteiger charge is -2.11. The molecule has 0 saturated carbocycles. The van der Waals surface area contributed by atoms with E-state index in [0.717, 1.165) is 39.6 Å². The number of halogens is 1. The van der Waals surface area contributed by atoms with E-state index < -0.39 is 0 Å². The molecule has 0 radical (unpaired) electrons. The normalized spacial score (nSPS) is 11.2. The Hall–Kier alpha value is -3.35. The van der Waals surface area contributed by atoms with Crippen LogP contribution in [0.4, 0.5) is 0 Å². The van der Waals surface area contributed by atoms with Gasteiger partial charge in [-0.15, -0.1) is 0 Å². The molecule has 0 bridgehead atoms. The van der Waals surface area contributed by atoms with E-state index in [4.69, 9.17) is 33.5 Å². The number of fused-ring (bicyclic) bond motifs is 1. The Balaban J connectivity index is 1.67. The predicted molar refractivity (Wildman–Crippen MR) is 127 cm³/mol. The Labute approximate surface area is 189 Å². The zero-order valence-electron chi connectivity index (χ0n) is 16.7. The van der Waals surface area contributed by atoms with Crippen molar-refractivity contribution in [3.05, 3.63) is 94.6 Å². The van der Waals surface area contributed by atoms with E-state index in [9.17, 15) is 0 Å². The van der Waals surface area contributed by atoms with Crippen molar-refractivity contribution in [2.24, 2.45) is 0 Å². The number of methoxy groups -OCH3 is 1. The van der Waals surface area contributed by atoms with E-state index in [1.54, 1.807) is 7.11 Å². The minimum atomic E-state index is 0.524. The highest BCUT2D eigenvalue weighted by atomic mass is 35.5. The van der Waals surface area contributed by atoms with E-state index >= 15 is 0 Å². The number of aromatic nitrogens is 4. The summed E-state index contributed by atoms with van der Waals surface area (Å²) in [5.74, 6) is 1.62. The molecular weight excluding hydrogens is 428 g/mol. The van der Waals surface area contributed by atoms with Gasteiger partial charge in [0.15, 0.2) is 4.77 Å². The summed E-state index contributed by atoms with van der Waals surface area (Å²) < 4.78 is 10.3. The second-order valence-electron chi connectivity index (χ2n) is 7.14. The molecule has 5 rings (SSSR count). The molecule has 0 unspecified atom stereocenters. The van der Waals surface area contributed by atoms with Crippen molar-refractivity contribution in [1.29, 1.82) is 0 Å². The third kappa shape index (κ3) is 3.65. The number of H-pyrrole nitrogens is 1. The van der Waals surface area contributed by atoms with E-state index in [2.05, 4.69) is 4.98 Å². The summed E-state index contributed by atoms with van der Waals surface area (Å²) in [7, 11) is 1.67. The van der Waals surface area contributed by atoms with Crippen molar-refractivity contribution >= 4 is 34.9 Å². The number of rotatable bonds is 5. The number of nitrogens with zero attached hydrogens (tertiary/aromatic N) is 3. The fraction of sp³-hybridized carbons (Fsp3) is 0.0833. The van der Waals surface area contributed by atoms with Gasteiger partial charge in [-0.05, 0) is 60.7 Å². The maximum absolute atomic E-state index is 6.12. The molecule has 0 fully saturated rings. The summed E-state index contributed by atoms with van der Waals surface area (Å²) in [6, 6.07) is 23.6. The third-order valence-electron chi connectivity index (χ3n) is 5.18. The highest BCUT2D eigenvalue weighted by Crippen LogP contribution is 2.33. The second kappa shape index (κ2) is 8.06. The van der Waals surface area contributed by atoms with Crippen LogP contribution < -0.4 is 4.74 Å². The molecule has 0 spiro atoms. The maximum atomic E-state index is 6.12. The van der Waals surface area contributed by atoms with Gasteiger partial charge in [-0.1, -0.05) is 35.9 Å². The summed E-state index contributed by atoms with van der Waals surface area (Å²) in [4.78, 5) is 8.08. The highest BCUT2D eigenvalue weighted by molar-refractivity contribution is 7.71. The third-order valence-corrected chi connectivity index (χ3v) is 5.85. The molecule has 5 nitrogen and oxygen atoms in total. The van der Waals surface area contributed by atoms with Crippen LogP contribution in [-0.4, -0.2) is 26.2 Å². The van der Waals surface area contributed by atoms with Crippen LogP contribution in [0.25, 0.3) is 28.0 Å². The van der Waals surface area contributed by atoms with Crippen molar-refractivity contribution in [3.63, 3.8) is 0 Å². The Bertz CT molecular complexity index is 1400. The van der Waals surface area contributed by atoms with Gasteiger partial charge in [-0.3, -0.25) is 4.57 Å². The SMILES string of the molecule is COc1ccccc1-c1cn(Cc2nc3ccccc3[nH]2)c(=S)n1-c1ccc(Cl)cc1. The number of hydrogen-bond donors (Lipinski definition) is 1. The Kier molecular flexibility index (Phi) is 5.10. The van der Waals surface area contributed by atoms with Crippen LogP contribution >= 0.6 is 23.8 Å². The zero-order valence-corrected chi connectivity index (χ0v) is 18.3. The first kappa shape index (κ1) is 19.6. The quantitative estimate of drug-likeness (QED) is 0.324. The molecule has 0 saturated heterocycles. The predicted octanol–water partition coefficient (Wildman–Crippen LogP) is 6.26. The van der Waals surface area contributed by atoms with Crippen LogP contribution in [0.15, 0.2) is 79.0 Å². The highest BCUT2D eigenvalue weighted by Gasteiger charge is 2.17. The van der Waals surface area contributed by atoms with Gasteiger partial charge >= 0.3 is 0 Å². The maximum Gasteiger partial charge on any atom is 0.185 e. The molecule has 31 heavy (non-hydrogen) atoms. The molecule has 3 aromatic carbocycles. The van der Waals surface area contributed by atoms with Crippen LogP contribution in [0.5, 0.6) is 5.75 Å². The number of imidazole rings is 2. The lowest BCUT2D eigenvalue weighted by molar-refractivity contribution is 0.416.